The summed E-state index contributed by atoms with van der Waals surface area (Å²) < 4.78 is 0. The fourth-order valence-electron chi connectivity index (χ4n) is 2.96. The molecule has 1 aliphatic heterocycles. The van der Waals surface area contributed by atoms with E-state index in [1.807, 2.05) is 59.7 Å². The second-order valence-electron chi connectivity index (χ2n) is 5.88. The first-order valence-corrected chi connectivity index (χ1v) is 8.92. The third kappa shape index (κ3) is 3.83. The van der Waals surface area contributed by atoms with E-state index in [4.69, 9.17) is 0 Å². The number of thiophene rings is 1. The molecule has 1 aromatic heterocycles. The van der Waals surface area contributed by atoms with Crippen LogP contribution in [-0.4, -0.2) is 36.3 Å². The third-order valence-electron chi connectivity index (χ3n) is 4.12. The van der Waals surface area contributed by atoms with Crippen LogP contribution in [0, 0.1) is 0 Å². The molecule has 5 nitrogen and oxygen atoms in total. The largest absolute Gasteiger partial charge is 0.353 e. The van der Waals surface area contributed by atoms with Gasteiger partial charge in [-0.3, -0.25) is 14.5 Å². The number of benzene rings is 1. The Hall–Kier alpha value is -2.18. The Morgan fingerprint density at radius 3 is 2.83 bits per heavy atom. The molecule has 0 spiro atoms. The number of rotatable bonds is 5. The van der Waals surface area contributed by atoms with E-state index in [0.29, 0.717) is 13.1 Å². The Balaban J connectivity index is 1.67. The van der Waals surface area contributed by atoms with Crippen molar-refractivity contribution in [2.45, 2.75) is 19.0 Å². The number of nitrogens with zero attached hydrogens (tertiary/aromatic N) is 1. The van der Waals surface area contributed by atoms with E-state index in [1.54, 1.807) is 11.3 Å². The summed E-state index contributed by atoms with van der Waals surface area (Å²) in [7, 11) is 0. The SMILES string of the molecule is C[C@H](NC(=O)CN1CCNC(=O)[C@H]1c1ccccc1)c1cccs1. The summed E-state index contributed by atoms with van der Waals surface area (Å²) >= 11 is 1.62. The van der Waals surface area contributed by atoms with Gasteiger partial charge in [-0.2, -0.15) is 0 Å². The molecule has 1 aromatic carbocycles. The van der Waals surface area contributed by atoms with Crippen LogP contribution in [0.3, 0.4) is 0 Å². The standard InChI is InChI=1S/C18H21N3O2S/c1-13(15-8-5-11-24-15)20-16(22)12-21-10-9-19-18(23)17(21)14-6-3-2-4-7-14/h2-8,11,13,17H,9-10,12H2,1H3,(H,19,23)(H,20,22)/t13-,17+/m0/s1. The van der Waals surface area contributed by atoms with Crippen molar-refractivity contribution in [3.05, 3.63) is 58.3 Å². The molecule has 0 unspecified atom stereocenters. The number of carbonyl (C=O) groups excluding carboxylic acids is 2. The first-order valence-electron chi connectivity index (χ1n) is 8.04. The zero-order valence-corrected chi connectivity index (χ0v) is 14.4. The second-order valence-corrected chi connectivity index (χ2v) is 6.86. The van der Waals surface area contributed by atoms with Gasteiger partial charge in [0.05, 0.1) is 12.6 Å². The lowest BCUT2D eigenvalue weighted by Crippen LogP contribution is -2.52. The Labute approximate surface area is 145 Å². The van der Waals surface area contributed by atoms with Crippen molar-refractivity contribution >= 4 is 23.2 Å². The highest BCUT2D eigenvalue weighted by Crippen LogP contribution is 2.23. The van der Waals surface area contributed by atoms with Gasteiger partial charge in [0, 0.05) is 18.0 Å². The van der Waals surface area contributed by atoms with Gasteiger partial charge in [-0.1, -0.05) is 36.4 Å². The number of piperazine rings is 1. The molecule has 0 aliphatic carbocycles. The topological polar surface area (TPSA) is 61.4 Å². The van der Waals surface area contributed by atoms with Crippen LogP contribution >= 0.6 is 11.3 Å². The average Bonchev–Trinajstić information content (AvgIpc) is 3.10. The van der Waals surface area contributed by atoms with Crippen molar-refractivity contribution in [2.24, 2.45) is 0 Å². The van der Waals surface area contributed by atoms with E-state index in [9.17, 15) is 9.59 Å². The summed E-state index contributed by atoms with van der Waals surface area (Å²) in [6, 6.07) is 13.1. The van der Waals surface area contributed by atoms with Crippen LogP contribution in [0.25, 0.3) is 0 Å². The fraction of sp³-hybridized carbons (Fsp3) is 0.333. The smallest absolute Gasteiger partial charge is 0.242 e. The molecule has 0 radical (unpaired) electrons. The molecule has 1 saturated heterocycles. The molecule has 1 aliphatic rings. The Morgan fingerprint density at radius 1 is 1.33 bits per heavy atom. The van der Waals surface area contributed by atoms with Gasteiger partial charge in [-0.25, -0.2) is 0 Å². The van der Waals surface area contributed by atoms with Gasteiger partial charge in [0.25, 0.3) is 0 Å². The number of hydrogen-bond donors (Lipinski definition) is 2. The first-order chi connectivity index (χ1) is 11.6. The van der Waals surface area contributed by atoms with Crippen LogP contribution in [0.15, 0.2) is 47.8 Å². The van der Waals surface area contributed by atoms with Crippen molar-refractivity contribution < 1.29 is 9.59 Å². The van der Waals surface area contributed by atoms with Crippen LogP contribution in [0.1, 0.15) is 29.4 Å². The summed E-state index contributed by atoms with van der Waals surface area (Å²) in [4.78, 5) is 27.8. The van der Waals surface area contributed by atoms with Gasteiger partial charge in [-0.15, -0.1) is 11.3 Å². The Bertz CT molecular complexity index is 688. The van der Waals surface area contributed by atoms with Crippen molar-refractivity contribution in [2.75, 3.05) is 19.6 Å². The van der Waals surface area contributed by atoms with Crippen molar-refractivity contribution in [1.29, 1.82) is 0 Å². The maximum atomic E-state index is 12.4. The maximum absolute atomic E-state index is 12.4. The molecule has 2 amide bonds. The second kappa shape index (κ2) is 7.59. The molecular formula is C18H21N3O2S. The van der Waals surface area contributed by atoms with E-state index in [-0.39, 0.29) is 24.4 Å². The van der Waals surface area contributed by atoms with E-state index >= 15 is 0 Å². The number of amides is 2. The van der Waals surface area contributed by atoms with Crippen LogP contribution in [0.5, 0.6) is 0 Å². The van der Waals surface area contributed by atoms with Crippen molar-refractivity contribution in [3.63, 3.8) is 0 Å². The van der Waals surface area contributed by atoms with E-state index in [2.05, 4.69) is 10.6 Å². The lowest BCUT2D eigenvalue weighted by Gasteiger charge is -2.34. The normalized spacial score (nSPS) is 19.5. The van der Waals surface area contributed by atoms with Gasteiger partial charge >= 0.3 is 0 Å². The van der Waals surface area contributed by atoms with Gasteiger partial charge in [0.15, 0.2) is 0 Å². The zero-order valence-electron chi connectivity index (χ0n) is 13.6. The van der Waals surface area contributed by atoms with E-state index in [0.717, 1.165) is 10.4 Å². The summed E-state index contributed by atoms with van der Waals surface area (Å²) in [5.74, 6) is -0.113. The molecule has 126 valence electrons. The third-order valence-corrected chi connectivity index (χ3v) is 5.18. The van der Waals surface area contributed by atoms with Crippen molar-refractivity contribution in [3.8, 4) is 0 Å². The average molecular weight is 343 g/mol. The van der Waals surface area contributed by atoms with Crippen molar-refractivity contribution in [1.82, 2.24) is 15.5 Å². The van der Waals surface area contributed by atoms with E-state index < -0.39 is 6.04 Å². The van der Waals surface area contributed by atoms with E-state index in [1.165, 1.54) is 0 Å². The minimum Gasteiger partial charge on any atom is -0.353 e. The fourth-order valence-corrected chi connectivity index (χ4v) is 3.70. The molecule has 6 heteroatoms. The van der Waals surface area contributed by atoms with Crippen LogP contribution < -0.4 is 10.6 Å². The molecule has 0 bridgehead atoms. The Kier molecular flexibility index (Phi) is 5.27. The molecule has 2 heterocycles. The molecular weight excluding hydrogens is 322 g/mol. The summed E-state index contributed by atoms with van der Waals surface area (Å²) in [5.41, 5.74) is 0.911. The number of hydrogen-bond acceptors (Lipinski definition) is 4. The molecule has 2 atom stereocenters. The summed E-state index contributed by atoms with van der Waals surface area (Å²) in [6.45, 7) is 3.41. The lowest BCUT2D eigenvalue weighted by molar-refractivity contribution is -0.132. The molecule has 1 fully saturated rings. The monoisotopic (exact) mass is 343 g/mol. The van der Waals surface area contributed by atoms with Gasteiger partial charge in [-0.05, 0) is 23.9 Å². The minimum atomic E-state index is -0.414. The maximum Gasteiger partial charge on any atom is 0.242 e. The number of carbonyl (C=O) groups is 2. The highest BCUT2D eigenvalue weighted by atomic mass is 32.1. The van der Waals surface area contributed by atoms with Crippen LogP contribution in [-0.2, 0) is 9.59 Å². The predicted molar refractivity (Wildman–Crippen MR) is 94.6 cm³/mol. The summed E-state index contributed by atoms with van der Waals surface area (Å²) in [5, 5.41) is 7.90. The highest BCUT2D eigenvalue weighted by Gasteiger charge is 2.32. The number of nitrogens with one attached hydrogen (secondary N) is 2. The van der Waals surface area contributed by atoms with Gasteiger partial charge < -0.3 is 10.6 Å². The molecule has 3 rings (SSSR count). The van der Waals surface area contributed by atoms with Crippen LogP contribution in [0.2, 0.25) is 0 Å². The van der Waals surface area contributed by atoms with Gasteiger partial charge in [0.2, 0.25) is 11.8 Å². The van der Waals surface area contributed by atoms with Crippen LogP contribution in [0.4, 0.5) is 0 Å². The zero-order chi connectivity index (χ0) is 16.9. The van der Waals surface area contributed by atoms with Gasteiger partial charge in [0.1, 0.15) is 6.04 Å². The molecule has 0 saturated carbocycles. The predicted octanol–water partition coefficient (Wildman–Crippen LogP) is 2.10. The highest BCUT2D eigenvalue weighted by molar-refractivity contribution is 7.10. The molecule has 2 N–H and O–H groups in total. The first kappa shape index (κ1) is 16.7. The molecule has 24 heavy (non-hydrogen) atoms. The summed E-state index contributed by atoms with van der Waals surface area (Å²) in [6.07, 6.45) is 0. The lowest BCUT2D eigenvalue weighted by atomic mass is 10.0. The Morgan fingerprint density at radius 2 is 2.12 bits per heavy atom. The minimum absolute atomic E-state index is 0.0220. The molecule has 2 aromatic rings. The quantitative estimate of drug-likeness (QED) is 0.874.